The van der Waals surface area contributed by atoms with Crippen LogP contribution in [0, 0.1) is 6.92 Å². The summed E-state index contributed by atoms with van der Waals surface area (Å²) in [6.45, 7) is 7.18. The molecule has 0 saturated carbocycles. The van der Waals surface area contributed by atoms with E-state index in [1.54, 1.807) is 32.9 Å². The van der Waals surface area contributed by atoms with E-state index in [0.717, 1.165) is 16.3 Å². The fourth-order valence-electron chi connectivity index (χ4n) is 1.86. The third-order valence-electron chi connectivity index (χ3n) is 3.08. The lowest BCUT2D eigenvalue weighted by Gasteiger charge is -2.19. The molecule has 0 heterocycles. The molecule has 0 aliphatic carbocycles. The van der Waals surface area contributed by atoms with Crippen molar-refractivity contribution in [3.8, 4) is 0 Å². The summed E-state index contributed by atoms with van der Waals surface area (Å²) < 4.78 is 24.0. The van der Waals surface area contributed by atoms with E-state index >= 15 is 0 Å². The minimum absolute atomic E-state index is 0.396. The Morgan fingerprint density at radius 1 is 0.889 bits per heavy atom. The van der Waals surface area contributed by atoms with Gasteiger partial charge < -0.3 is 0 Å². The standard InChI is InChI=1S/C15H18O2S/c1-11-5-6-12-7-8-14(10-13(12)9-11)18(16,17)15(2,3)4/h5-10H,1-4H3. The Balaban J connectivity index is 2.68. The summed E-state index contributed by atoms with van der Waals surface area (Å²) in [5, 5.41) is 2.04. The largest absolute Gasteiger partial charge is 0.223 e. The highest BCUT2D eigenvalue weighted by Gasteiger charge is 2.30. The Morgan fingerprint density at radius 2 is 1.50 bits per heavy atom. The molecule has 0 saturated heterocycles. The SMILES string of the molecule is Cc1ccc2ccc(S(=O)(=O)C(C)(C)C)cc2c1. The van der Waals surface area contributed by atoms with Crippen LogP contribution in [0.2, 0.25) is 0 Å². The second kappa shape index (κ2) is 4.09. The van der Waals surface area contributed by atoms with Crippen molar-refractivity contribution in [2.75, 3.05) is 0 Å². The average Bonchev–Trinajstić information content (AvgIpc) is 2.26. The first kappa shape index (κ1) is 13.1. The van der Waals surface area contributed by atoms with E-state index in [2.05, 4.69) is 0 Å². The number of hydrogen-bond donors (Lipinski definition) is 0. The highest BCUT2D eigenvalue weighted by atomic mass is 32.2. The van der Waals surface area contributed by atoms with Crippen LogP contribution in [-0.4, -0.2) is 13.2 Å². The predicted octanol–water partition coefficient (Wildman–Crippen LogP) is 3.72. The van der Waals surface area contributed by atoms with E-state index in [4.69, 9.17) is 0 Å². The monoisotopic (exact) mass is 262 g/mol. The molecule has 18 heavy (non-hydrogen) atoms. The fourth-order valence-corrected chi connectivity index (χ4v) is 3.10. The molecular weight excluding hydrogens is 244 g/mol. The van der Waals surface area contributed by atoms with Crippen LogP contribution in [0.3, 0.4) is 0 Å². The first-order chi connectivity index (χ1) is 8.22. The summed E-state index contributed by atoms with van der Waals surface area (Å²) in [4.78, 5) is 0.396. The lowest BCUT2D eigenvalue weighted by atomic mass is 10.1. The second-order valence-corrected chi connectivity index (χ2v) is 8.33. The number of fused-ring (bicyclic) bond motifs is 1. The van der Waals surface area contributed by atoms with E-state index in [1.807, 2.05) is 31.2 Å². The van der Waals surface area contributed by atoms with Gasteiger partial charge in [0.15, 0.2) is 9.84 Å². The highest BCUT2D eigenvalue weighted by Crippen LogP contribution is 2.27. The number of sulfone groups is 1. The molecule has 2 rings (SSSR count). The van der Waals surface area contributed by atoms with Gasteiger partial charge in [0, 0.05) is 0 Å². The maximum Gasteiger partial charge on any atom is 0.183 e. The van der Waals surface area contributed by atoms with Gasteiger partial charge in [-0.15, -0.1) is 0 Å². The summed E-state index contributed by atoms with van der Waals surface area (Å²) in [5.41, 5.74) is 1.13. The lowest BCUT2D eigenvalue weighted by molar-refractivity contribution is 0.560. The van der Waals surface area contributed by atoms with Crippen molar-refractivity contribution in [3.05, 3.63) is 42.0 Å². The molecule has 0 spiro atoms. The minimum atomic E-state index is -3.28. The molecule has 2 aromatic carbocycles. The van der Waals surface area contributed by atoms with Crippen LogP contribution >= 0.6 is 0 Å². The van der Waals surface area contributed by atoms with Gasteiger partial charge >= 0.3 is 0 Å². The van der Waals surface area contributed by atoms with Gasteiger partial charge in [-0.05, 0) is 50.6 Å². The molecule has 96 valence electrons. The van der Waals surface area contributed by atoms with Crippen molar-refractivity contribution in [1.82, 2.24) is 0 Å². The molecule has 0 atom stereocenters. The molecule has 0 bridgehead atoms. The molecule has 0 aliphatic rings. The Kier molecular flexibility index (Phi) is 2.98. The molecule has 0 N–H and O–H groups in total. The minimum Gasteiger partial charge on any atom is -0.223 e. The van der Waals surface area contributed by atoms with Gasteiger partial charge in [-0.2, -0.15) is 0 Å². The van der Waals surface area contributed by atoms with Gasteiger partial charge in [0.05, 0.1) is 9.64 Å². The highest BCUT2D eigenvalue weighted by molar-refractivity contribution is 7.92. The number of benzene rings is 2. The van der Waals surface area contributed by atoms with Crippen molar-refractivity contribution in [2.24, 2.45) is 0 Å². The predicted molar refractivity (Wildman–Crippen MR) is 75.6 cm³/mol. The molecule has 0 radical (unpaired) electrons. The maximum absolute atomic E-state index is 12.4. The van der Waals surface area contributed by atoms with Gasteiger partial charge in [-0.25, -0.2) is 8.42 Å². The Morgan fingerprint density at radius 3 is 2.11 bits per heavy atom. The smallest absolute Gasteiger partial charge is 0.183 e. The van der Waals surface area contributed by atoms with Crippen LogP contribution in [0.15, 0.2) is 41.3 Å². The summed E-state index contributed by atoms with van der Waals surface area (Å²) >= 11 is 0. The van der Waals surface area contributed by atoms with E-state index in [-0.39, 0.29) is 0 Å². The quantitative estimate of drug-likeness (QED) is 0.785. The zero-order valence-corrected chi connectivity index (χ0v) is 12.0. The fraction of sp³-hybridized carbons (Fsp3) is 0.333. The first-order valence-corrected chi connectivity index (χ1v) is 7.45. The number of hydrogen-bond acceptors (Lipinski definition) is 2. The molecule has 3 heteroatoms. The first-order valence-electron chi connectivity index (χ1n) is 5.97. The molecule has 0 unspecified atom stereocenters. The van der Waals surface area contributed by atoms with Gasteiger partial charge in [0.1, 0.15) is 0 Å². The van der Waals surface area contributed by atoms with Crippen LogP contribution in [0.1, 0.15) is 26.3 Å². The van der Waals surface area contributed by atoms with Crippen molar-refractivity contribution in [1.29, 1.82) is 0 Å². The molecule has 0 fully saturated rings. The molecule has 0 amide bonds. The van der Waals surface area contributed by atoms with Crippen LogP contribution in [-0.2, 0) is 9.84 Å². The van der Waals surface area contributed by atoms with Crippen LogP contribution < -0.4 is 0 Å². The van der Waals surface area contributed by atoms with E-state index in [9.17, 15) is 8.42 Å². The number of rotatable bonds is 1. The zero-order chi connectivity index (χ0) is 13.6. The molecular formula is C15H18O2S. The molecule has 2 aromatic rings. The van der Waals surface area contributed by atoms with Crippen LogP contribution in [0.5, 0.6) is 0 Å². The average molecular weight is 262 g/mol. The second-order valence-electron chi connectivity index (χ2n) is 5.63. The van der Waals surface area contributed by atoms with Crippen LogP contribution in [0.4, 0.5) is 0 Å². The third kappa shape index (κ3) is 2.15. The van der Waals surface area contributed by atoms with Crippen molar-refractivity contribution < 1.29 is 8.42 Å². The Bertz CT molecular complexity index is 692. The van der Waals surface area contributed by atoms with Crippen LogP contribution in [0.25, 0.3) is 10.8 Å². The van der Waals surface area contributed by atoms with E-state index < -0.39 is 14.6 Å². The van der Waals surface area contributed by atoms with Gasteiger partial charge in [0.2, 0.25) is 0 Å². The molecule has 0 aromatic heterocycles. The topological polar surface area (TPSA) is 34.1 Å². The maximum atomic E-state index is 12.4. The Labute approximate surface area is 109 Å². The van der Waals surface area contributed by atoms with E-state index in [0.29, 0.717) is 4.90 Å². The lowest BCUT2D eigenvalue weighted by Crippen LogP contribution is -2.27. The Hall–Kier alpha value is -1.35. The van der Waals surface area contributed by atoms with Gasteiger partial charge in [-0.3, -0.25) is 0 Å². The summed E-state index contributed by atoms with van der Waals surface area (Å²) in [6.07, 6.45) is 0. The van der Waals surface area contributed by atoms with Gasteiger partial charge in [-0.1, -0.05) is 29.8 Å². The normalized spacial score (nSPS) is 12.9. The van der Waals surface area contributed by atoms with Crippen molar-refractivity contribution in [2.45, 2.75) is 37.3 Å². The van der Waals surface area contributed by atoms with Crippen molar-refractivity contribution in [3.63, 3.8) is 0 Å². The summed E-state index contributed by atoms with van der Waals surface area (Å²) in [5.74, 6) is 0. The molecule has 0 aliphatic heterocycles. The van der Waals surface area contributed by atoms with Crippen molar-refractivity contribution >= 4 is 20.6 Å². The van der Waals surface area contributed by atoms with E-state index in [1.165, 1.54) is 0 Å². The third-order valence-corrected chi connectivity index (χ3v) is 5.57. The zero-order valence-electron chi connectivity index (χ0n) is 11.2. The molecule has 2 nitrogen and oxygen atoms in total. The van der Waals surface area contributed by atoms with Gasteiger partial charge in [0.25, 0.3) is 0 Å². The number of aryl methyl sites for hydroxylation is 1. The summed E-state index contributed by atoms with van der Waals surface area (Å²) in [7, 11) is -3.28. The summed E-state index contributed by atoms with van der Waals surface area (Å²) in [6, 6.07) is 11.4.